The zero-order valence-corrected chi connectivity index (χ0v) is 36.4. The summed E-state index contributed by atoms with van der Waals surface area (Å²) in [6.07, 6.45) is 60.3. The molecular formula is C51H78N2O6. The number of unbranched alkanes of at least 4 members (excludes halogenated alkanes) is 1. The largest absolute Gasteiger partial charge is 0.457 e. The van der Waals surface area contributed by atoms with Gasteiger partial charge in [0.05, 0.1) is 19.1 Å². The van der Waals surface area contributed by atoms with E-state index in [1.54, 1.807) is 0 Å². The molecular weight excluding hydrogens is 737 g/mol. The van der Waals surface area contributed by atoms with E-state index in [2.05, 4.69) is 146 Å². The van der Waals surface area contributed by atoms with Gasteiger partial charge in [-0.05, 0) is 103 Å². The number of ether oxygens (including phenoxy) is 1. The summed E-state index contributed by atoms with van der Waals surface area (Å²) in [6, 6.07) is 0. The first-order valence-corrected chi connectivity index (χ1v) is 22.1. The lowest BCUT2D eigenvalue weighted by atomic mass is 10.0. The first-order chi connectivity index (χ1) is 29.0. The Labute approximate surface area is 358 Å². The maximum atomic E-state index is 12.8. The van der Waals surface area contributed by atoms with E-state index in [4.69, 9.17) is 4.74 Å². The highest BCUT2D eigenvalue weighted by Crippen LogP contribution is 2.12. The molecule has 0 spiro atoms. The Morgan fingerprint density at radius 2 is 0.780 bits per heavy atom. The SMILES string of the molecule is CCC=CCC=CCC=CCC=CCC=CCC=CCCC(=O)NCCC(CCNC(=O)CCCC=CCC=CCC=CCC=CCC=CCC)C(=O)OC(CO)CO. The van der Waals surface area contributed by atoms with Crippen LogP contribution in [0.2, 0.25) is 0 Å². The molecule has 4 N–H and O–H groups in total. The molecule has 0 fully saturated rings. The lowest BCUT2D eigenvalue weighted by molar-refractivity contribution is -0.159. The summed E-state index contributed by atoms with van der Waals surface area (Å²) in [5.41, 5.74) is 0. The van der Waals surface area contributed by atoms with E-state index < -0.39 is 31.2 Å². The van der Waals surface area contributed by atoms with E-state index >= 15 is 0 Å². The molecule has 0 aromatic rings. The van der Waals surface area contributed by atoms with Crippen LogP contribution < -0.4 is 10.6 Å². The molecule has 0 saturated carbocycles. The zero-order chi connectivity index (χ0) is 43.1. The highest BCUT2D eigenvalue weighted by Gasteiger charge is 2.23. The van der Waals surface area contributed by atoms with Gasteiger partial charge in [-0.2, -0.15) is 0 Å². The second-order valence-electron chi connectivity index (χ2n) is 14.0. The number of allylic oxidation sites excluding steroid dienone is 22. The molecule has 0 saturated heterocycles. The highest BCUT2D eigenvalue weighted by atomic mass is 16.6. The summed E-state index contributed by atoms with van der Waals surface area (Å²) < 4.78 is 5.26. The average molecular weight is 815 g/mol. The van der Waals surface area contributed by atoms with Crippen LogP contribution in [0.4, 0.5) is 0 Å². The van der Waals surface area contributed by atoms with Gasteiger partial charge in [-0.1, -0.05) is 148 Å². The van der Waals surface area contributed by atoms with Crippen molar-refractivity contribution in [3.8, 4) is 0 Å². The molecule has 8 nitrogen and oxygen atoms in total. The van der Waals surface area contributed by atoms with Crippen LogP contribution in [0.25, 0.3) is 0 Å². The van der Waals surface area contributed by atoms with Gasteiger partial charge in [0.25, 0.3) is 0 Å². The fourth-order valence-corrected chi connectivity index (χ4v) is 5.32. The summed E-state index contributed by atoms with van der Waals surface area (Å²) >= 11 is 0. The molecule has 0 aliphatic carbocycles. The Kier molecular flexibility index (Phi) is 41.1. The Balaban J connectivity index is 4.30. The molecule has 0 radical (unpaired) electrons. The molecule has 1 atom stereocenters. The molecule has 0 aliphatic heterocycles. The number of amides is 2. The van der Waals surface area contributed by atoms with Crippen molar-refractivity contribution in [1.82, 2.24) is 10.6 Å². The van der Waals surface area contributed by atoms with E-state index in [1.165, 1.54) is 0 Å². The minimum atomic E-state index is -1.01. The molecule has 59 heavy (non-hydrogen) atoms. The minimum absolute atomic E-state index is 0.0873. The summed E-state index contributed by atoms with van der Waals surface area (Å²) in [4.78, 5) is 37.7. The van der Waals surface area contributed by atoms with Crippen molar-refractivity contribution in [1.29, 1.82) is 0 Å². The van der Waals surface area contributed by atoms with Crippen molar-refractivity contribution in [2.24, 2.45) is 5.92 Å². The number of esters is 1. The lowest BCUT2D eigenvalue weighted by Gasteiger charge is -2.20. The van der Waals surface area contributed by atoms with E-state index in [0.29, 0.717) is 32.1 Å². The number of aliphatic hydroxyl groups excluding tert-OH is 2. The fraction of sp³-hybridized carbons (Fsp3) is 0.510. The zero-order valence-electron chi connectivity index (χ0n) is 36.4. The third kappa shape index (κ3) is 40.1. The summed E-state index contributed by atoms with van der Waals surface area (Å²) in [5, 5.41) is 24.5. The van der Waals surface area contributed by atoms with Crippen molar-refractivity contribution in [3.63, 3.8) is 0 Å². The van der Waals surface area contributed by atoms with Crippen molar-refractivity contribution in [3.05, 3.63) is 134 Å². The van der Waals surface area contributed by atoms with E-state index in [-0.39, 0.29) is 24.9 Å². The monoisotopic (exact) mass is 815 g/mol. The molecule has 0 rings (SSSR count). The van der Waals surface area contributed by atoms with Crippen LogP contribution >= 0.6 is 0 Å². The highest BCUT2D eigenvalue weighted by molar-refractivity contribution is 5.77. The number of carbonyl (C=O) groups excluding carboxylic acids is 3. The third-order valence-corrected chi connectivity index (χ3v) is 8.72. The number of hydrogen-bond donors (Lipinski definition) is 4. The Hall–Kier alpha value is -4.53. The summed E-state index contributed by atoms with van der Waals surface area (Å²) in [7, 11) is 0. The van der Waals surface area contributed by atoms with E-state index in [9.17, 15) is 24.6 Å². The van der Waals surface area contributed by atoms with Crippen molar-refractivity contribution in [2.75, 3.05) is 26.3 Å². The third-order valence-electron chi connectivity index (χ3n) is 8.72. The molecule has 0 aromatic heterocycles. The number of aliphatic hydroxyl groups is 2. The van der Waals surface area contributed by atoms with E-state index in [1.807, 2.05) is 12.2 Å². The Morgan fingerprint density at radius 3 is 1.14 bits per heavy atom. The van der Waals surface area contributed by atoms with Gasteiger partial charge in [0.15, 0.2) is 0 Å². The second kappa shape index (κ2) is 44.6. The van der Waals surface area contributed by atoms with Gasteiger partial charge in [-0.25, -0.2) is 0 Å². The van der Waals surface area contributed by atoms with Gasteiger partial charge < -0.3 is 25.6 Å². The summed E-state index contributed by atoms with van der Waals surface area (Å²) in [6.45, 7) is 3.84. The molecule has 8 heteroatoms. The molecule has 0 aromatic carbocycles. The average Bonchev–Trinajstić information content (AvgIpc) is 3.24. The minimum Gasteiger partial charge on any atom is -0.457 e. The molecule has 328 valence electrons. The van der Waals surface area contributed by atoms with Crippen LogP contribution in [0.3, 0.4) is 0 Å². The van der Waals surface area contributed by atoms with Crippen LogP contribution in [0.5, 0.6) is 0 Å². The fourth-order valence-electron chi connectivity index (χ4n) is 5.32. The first-order valence-electron chi connectivity index (χ1n) is 22.1. The maximum absolute atomic E-state index is 12.8. The van der Waals surface area contributed by atoms with Gasteiger partial charge in [-0.3, -0.25) is 14.4 Å². The van der Waals surface area contributed by atoms with Crippen LogP contribution in [-0.2, 0) is 19.1 Å². The number of rotatable bonds is 37. The lowest BCUT2D eigenvalue weighted by Crippen LogP contribution is -2.34. The Bertz CT molecular complexity index is 1370. The van der Waals surface area contributed by atoms with Crippen molar-refractivity contribution in [2.45, 2.75) is 136 Å². The standard InChI is InChI=1S/C51H78N2O6/c1-3-5-7-9-11-13-15-17-19-21-22-24-26-28-30-32-34-36-38-40-50(57)53-44-42-47(51(58)59-48(45-54)46-55)41-43-52-49(56)39-37-35-33-31-29-27-25-23-20-18-16-14-12-10-8-6-4-2/h5-8,11-14,17-20,22,24-25,27-28,30-31,33-34,36,47-48,54-55H,3-4,9-10,15-16,21,23,26,29,32,35,37-46H2,1-2H3,(H,52,56)(H,53,57). The number of hydrogen-bond acceptors (Lipinski definition) is 6. The molecule has 0 aliphatic rings. The van der Waals surface area contributed by atoms with E-state index in [0.717, 1.165) is 83.5 Å². The number of nitrogens with one attached hydrogen (secondary N) is 2. The van der Waals surface area contributed by atoms with Crippen LogP contribution in [0, 0.1) is 5.92 Å². The molecule has 2 amide bonds. The predicted octanol–water partition coefficient (Wildman–Crippen LogP) is 10.9. The predicted molar refractivity (Wildman–Crippen MR) is 249 cm³/mol. The van der Waals surface area contributed by atoms with Crippen LogP contribution in [-0.4, -0.2) is 60.4 Å². The second-order valence-corrected chi connectivity index (χ2v) is 14.0. The van der Waals surface area contributed by atoms with Gasteiger partial charge in [0.2, 0.25) is 11.8 Å². The van der Waals surface area contributed by atoms with Crippen molar-refractivity contribution >= 4 is 17.8 Å². The van der Waals surface area contributed by atoms with Crippen LogP contribution in [0.15, 0.2) is 134 Å². The topological polar surface area (TPSA) is 125 Å². The van der Waals surface area contributed by atoms with Gasteiger partial charge >= 0.3 is 5.97 Å². The van der Waals surface area contributed by atoms with Crippen molar-refractivity contribution < 1.29 is 29.3 Å². The maximum Gasteiger partial charge on any atom is 0.309 e. The summed E-state index contributed by atoms with van der Waals surface area (Å²) in [5.74, 6) is -1.38. The normalized spacial score (nSPS) is 13.4. The molecule has 1 unspecified atom stereocenters. The molecule has 0 heterocycles. The van der Waals surface area contributed by atoms with Gasteiger partial charge in [0, 0.05) is 25.9 Å². The van der Waals surface area contributed by atoms with Crippen LogP contribution in [0.1, 0.15) is 129 Å². The van der Waals surface area contributed by atoms with Gasteiger partial charge in [0.1, 0.15) is 6.10 Å². The Morgan fingerprint density at radius 1 is 0.458 bits per heavy atom. The first kappa shape index (κ1) is 54.5. The number of carbonyl (C=O) groups is 3. The smallest absolute Gasteiger partial charge is 0.309 e. The van der Waals surface area contributed by atoms with Gasteiger partial charge in [-0.15, -0.1) is 0 Å². The molecule has 0 bridgehead atoms. The quantitative estimate of drug-likeness (QED) is 0.0281.